The van der Waals surface area contributed by atoms with Gasteiger partial charge in [-0.2, -0.15) is 0 Å². The molecule has 90 valence electrons. The van der Waals surface area contributed by atoms with Gasteiger partial charge in [-0.05, 0) is 37.1 Å². The average molecular weight is 268 g/mol. The van der Waals surface area contributed by atoms with E-state index in [4.69, 9.17) is 16.0 Å². The minimum absolute atomic E-state index is 0.146. The molecule has 0 aliphatic heterocycles. The molecule has 1 N–H and O–H groups in total. The van der Waals surface area contributed by atoms with Gasteiger partial charge >= 0.3 is 0 Å². The number of hydrogen-bond donors (Lipinski definition) is 1. The molecule has 0 radical (unpaired) electrons. The molecular weight excluding hydrogens is 254 g/mol. The van der Waals surface area contributed by atoms with Crippen LogP contribution in [-0.2, 0) is 0 Å². The van der Waals surface area contributed by atoms with Crippen molar-refractivity contribution in [2.24, 2.45) is 0 Å². The molecule has 2 nitrogen and oxygen atoms in total. The van der Waals surface area contributed by atoms with Crippen molar-refractivity contribution in [2.45, 2.75) is 31.3 Å². The van der Waals surface area contributed by atoms with Gasteiger partial charge in [-0.1, -0.05) is 18.0 Å². The average Bonchev–Trinajstić information content (AvgIpc) is 2.88. The minimum Gasteiger partial charge on any atom is -0.467 e. The molecule has 4 heteroatoms. The second kappa shape index (κ2) is 4.84. The number of nitrogens with one attached hydrogen (secondary N) is 1. The Labute approximate surface area is 110 Å². The Kier molecular flexibility index (Phi) is 3.23. The standard InChI is InChI=1S/C13H14ClNOS/c14-12-7-6-11(17-12)13(10-5-2-8-16-10)15-9-3-1-4-9/h2,5-9,13,15H,1,3-4H2. The smallest absolute Gasteiger partial charge is 0.126 e. The van der Waals surface area contributed by atoms with Gasteiger partial charge in [-0.3, -0.25) is 0 Å². The van der Waals surface area contributed by atoms with Crippen molar-refractivity contribution in [2.75, 3.05) is 0 Å². The first kappa shape index (κ1) is 11.3. The third kappa shape index (κ3) is 2.41. The lowest BCUT2D eigenvalue weighted by molar-refractivity contribution is 0.305. The lowest BCUT2D eigenvalue weighted by atomic mass is 9.92. The molecule has 0 aromatic carbocycles. The van der Waals surface area contributed by atoms with Crippen LogP contribution in [0.15, 0.2) is 34.9 Å². The highest BCUT2D eigenvalue weighted by molar-refractivity contribution is 7.16. The van der Waals surface area contributed by atoms with Crippen LogP contribution in [0.5, 0.6) is 0 Å². The Balaban J connectivity index is 1.85. The van der Waals surface area contributed by atoms with Gasteiger partial charge < -0.3 is 9.73 Å². The number of hydrogen-bond acceptors (Lipinski definition) is 3. The molecule has 2 heterocycles. The normalized spacial score (nSPS) is 17.9. The molecule has 0 bridgehead atoms. The van der Waals surface area contributed by atoms with E-state index in [2.05, 4.69) is 11.4 Å². The molecule has 1 saturated carbocycles. The summed E-state index contributed by atoms with van der Waals surface area (Å²) in [5.41, 5.74) is 0. The van der Waals surface area contributed by atoms with Gasteiger partial charge in [0.15, 0.2) is 0 Å². The van der Waals surface area contributed by atoms with Crippen LogP contribution in [0.3, 0.4) is 0 Å². The van der Waals surface area contributed by atoms with Crippen LogP contribution < -0.4 is 5.32 Å². The van der Waals surface area contributed by atoms with Crippen molar-refractivity contribution >= 4 is 22.9 Å². The second-order valence-corrected chi connectivity index (χ2v) is 6.13. The molecule has 1 fully saturated rings. The zero-order valence-electron chi connectivity index (χ0n) is 9.36. The minimum atomic E-state index is 0.146. The van der Waals surface area contributed by atoms with Crippen molar-refractivity contribution < 1.29 is 4.42 Å². The largest absolute Gasteiger partial charge is 0.467 e. The molecule has 1 unspecified atom stereocenters. The SMILES string of the molecule is Clc1ccc(C(NC2CCC2)c2ccco2)s1. The number of halogens is 1. The molecule has 0 amide bonds. The second-order valence-electron chi connectivity index (χ2n) is 4.38. The predicted molar refractivity (Wildman–Crippen MR) is 70.7 cm³/mol. The quantitative estimate of drug-likeness (QED) is 0.897. The van der Waals surface area contributed by atoms with Crippen LogP contribution in [0.1, 0.15) is 35.9 Å². The Bertz CT molecular complexity index is 475. The summed E-state index contributed by atoms with van der Waals surface area (Å²) in [5, 5.41) is 3.64. The van der Waals surface area contributed by atoms with Crippen molar-refractivity contribution in [3.05, 3.63) is 45.5 Å². The van der Waals surface area contributed by atoms with Gasteiger partial charge in [0.05, 0.1) is 10.6 Å². The Morgan fingerprint density at radius 1 is 1.35 bits per heavy atom. The summed E-state index contributed by atoms with van der Waals surface area (Å²) in [7, 11) is 0. The summed E-state index contributed by atoms with van der Waals surface area (Å²) in [4.78, 5) is 1.22. The maximum Gasteiger partial charge on any atom is 0.126 e. The first-order valence-electron chi connectivity index (χ1n) is 5.87. The first-order valence-corrected chi connectivity index (χ1v) is 7.07. The van der Waals surface area contributed by atoms with Crippen LogP contribution in [0.4, 0.5) is 0 Å². The highest BCUT2D eigenvalue weighted by Crippen LogP contribution is 2.33. The molecule has 3 rings (SSSR count). The molecule has 2 aromatic rings. The molecule has 0 spiro atoms. The van der Waals surface area contributed by atoms with Crippen molar-refractivity contribution in [1.82, 2.24) is 5.32 Å². The van der Waals surface area contributed by atoms with Crippen LogP contribution >= 0.6 is 22.9 Å². The lowest BCUT2D eigenvalue weighted by Crippen LogP contribution is -2.37. The van der Waals surface area contributed by atoms with E-state index in [0.717, 1.165) is 10.1 Å². The molecule has 2 aromatic heterocycles. The fourth-order valence-corrected chi connectivity index (χ4v) is 3.18. The van der Waals surface area contributed by atoms with E-state index in [1.54, 1.807) is 17.6 Å². The van der Waals surface area contributed by atoms with E-state index in [-0.39, 0.29) is 6.04 Å². The van der Waals surface area contributed by atoms with Crippen molar-refractivity contribution in [3.63, 3.8) is 0 Å². The fraction of sp³-hybridized carbons (Fsp3) is 0.385. The lowest BCUT2D eigenvalue weighted by Gasteiger charge is -2.30. The molecule has 1 aliphatic rings. The summed E-state index contributed by atoms with van der Waals surface area (Å²) in [5.74, 6) is 0.968. The molecule has 17 heavy (non-hydrogen) atoms. The highest BCUT2D eigenvalue weighted by Gasteiger charge is 2.25. The Morgan fingerprint density at radius 2 is 2.24 bits per heavy atom. The van der Waals surface area contributed by atoms with E-state index in [0.29, 0.717) is 6.04 Å². The molecule has 0 saturated heterocycles. The van der Waals surface area contributed by atoms with Crippen LogP contribution in [0.25, 0.3) is 0 Å². The van der Waals surface area contributed by atoms with Crippen molar-refractivity contribution in [1.29, 1.82) is 0 Å². The monoisotopic (exact) mass is 267 g/mol. The van der Waals surface area contributed by atoms with Crippen LogP contribution in [-0.4, -0.2) is 6.04 Å². The third-order valence-electron chi connectivity index (χ3n) is 3.21. The third-order valence-corrected chi connectivity index (χ3v) is 4.51. The van der Waals surface area contributed by atoms with Crippen LogP contribution in [0, 0.1) is 0 Å². The maximum atomic E-state index is 6.01. The summed E-state index contributed by atoms with van der Waals surface area (Å²) in [6.07, 6.45) is 5.57. The van der Waals surface area contributed by atoms with Gasteiger partial charge in [0.2, 0.25) is 0 Å². The predicted octanol–water partition coefficient (Wildman–Crippen LogP) is 4.23. The number of thiophene rings is 1. The topological polar surface area (TPSA) is 25.2 Å². The molecular formula is C13H14ClNOS. The number of furan rings is 1. The fourth-order valence-electron chi connectivity index (χ4n) is 2.05. The first-order chi connectivity index (χ1) is 8.33. The van der Waals surface area contributed by atoms with E-state index in [9.17, 15) is 0 Å². The van der Waals surface area contributed by atoms with Crippen molar-refractivity contribution in [3.8, 4) is 0 Å². The zero-order chi connectivity index (χ0) is 11.7. The summed E-state index contributed by atoms with van der Waals surface area (Å²) < 4.78 is 6.36. The van der Waals surface area contributed by atoms with Gasteiger partial charge in [-0.15, -0.1) is 11.3 Å². The van der Waals surface area contributed by atoms with Gasteiger partial charge in [-0.25, -0.2) is 0 Å². The summed E-state index contributed by atoms with van der Waals surface area (Å²) in [6.45, 7) is 0. The zero-order valence-corrected chi connectivity index (χ0v) is 10.9. The molecule has 1 aliphatic carbocycles. The Hall–Kier alpha value is -0.770. The van der Waals surface area contributed by atoms with Gasteiger partial charge in [0.1, 0.15) is 11.8 Å². The summed E-state index contributed by atoms with van der Waals surface area (Å²) >= 11 is 7.62. The molecule has 1 atom stereocenters. The maximum absolute atomic E-state index is 6.01. The van der Waals surface area contributed by atoms with E-state index in [1.807, 2.05) is 18.2 Å². The van der Waals surface area contributed by atoms with E-state index in [1.165, 1.54) is 24.1 Å². The Morgan fingerprint density at radius 3 is 2.76 bits per heavy atom. The number of rotatable bonds is 4. The van der Waals surface area contributed by atoms with Gasteiger partial charge in [0, 0.05) is 10.9 Å². The van der Waals surface area contributed by atoms with Crippen LogP contribution in [0.2, 0.25) is 4.34 Å². The highest BCUT2D eigenvalue weighted by atomic mass is 35.5. The van der Waals surface area contributed by atoms with E-state index >= 15 is 0 Å². The van der Waals surface area contributed by atoms with E-state index < -0.39 is 0 Å². The van der Waals surface area contributed by atoms with Gasteiger partial charge in [0.25, 0.3) is 0 Å². The summed E-state index contributed by atoms with van der Waals surface area (Å²) in [6, 6.07) is 8.73.